The number of ketones is 1. The molecule has 4 nitrogen and oxygen atoms in total. The van der Waals surface area contributed by atoms with Gasteiger partial charge in [-0.3, -0.25) is 4.79 Å². The van der Waals surface area contributed by atoms with Crippen molar-refractivity contribution in [2.45, 2.75) is 30.7 Å². The van der Waals surface area contributed by atoms with Gasteiger partial charge >= 0.3 is 0 Å². The molecule has 0 radical (unpaired) electrons. The van der Waals surface area contributed by atoms with E-state index in [1.807, 2.05) is 12.1 Å². The summed E-state index contributed by atoms with van der Waals surface area (Å²) in [5.41, 5.74) is 1.29. The Morgan fingerprint density at radius 2 is 1.73 bits per heavy atom. The van der Waals surface area contributed by atoms with Crippen molar-refractivity contribution in [3.8, 4) is 5.75 Å². The summed E-state index contributed by atoms with van der Waals surface area (Å²) in [6, 6.07) is 10.4. The zero-order valence-electron chi connectivity index (χ0n) is 11.8. The zero-order chi connectivity index (χ0) is 15.1. The lowest BCUT2D eigenvalue weighted by atomic mass is 9.86. The smallest absolute Gasteiger partial charge is 0.276 e. The van der Waals surface area contributed by atoms with Crippen molar-refractivity contribution in [2.24, 2.45) is 0 Å². The van der Waals surface area contributed by atoms with Crippen LogP contribution in [0.4, 0.5) is 0 Å². The first kappa shape index (κ1) is 12.4. The summed E-state index contributed by atoms with van der Waals surface area (Å²) in [6.45, 7) is 0. The molecule has 2 aromatic rings. The summed E-state index contributed by atoms with van der Waals surface area (Å²) in [5.74, 6) is -2.12. The van der Waals surface area contributed by atoms with Crippen LogP contribution in [-0.4, -0.2) is 16.0 Å². The predicted octanol–water partition coefficient (Wildman–Crippen LogP) is 1.80. The number of rotatable bonds is 0. The van der Waals surface area contributed by atoms with Gasteiger partial charge in [0.15, 0.2) is 0 Å². The van der Waals surface area contributed by atoms with E-state index in [0.717, 1.165) is 24.8 Å². The number of hydrogen-bond acceptors (Lipinski definition) is 4. The number of benzene rings is 2. The summed E-state index contributed by atoms with van der Waals surface area (Å²) in [7, 11) is 0. The fourth-order valence-electron chi connectivity index (χ4n) is 4.08. The molecule has 0 amide bonds. The summed E-state index contributed by atoms with van der Waals surface area (Å²) < 4.78 is 5.73. The van der Waals surface area contributed by atoms with E-state index < -0.39 is 17.2 Å². The van der Waals surface area contributed by atoms with Crippen LogP contribution in [0, 0.1) is 0 Å². The van der Waals surface area contributed by atoms with Crippen molar-refractivity contribution in [3.05, 3.63) is 64.2 Å². The molecular formula is C18H14O4. The van der Waals surface area contributed by atoms with Gasteiger partial charge in [-0.05, 0) is 42.5 Å². The van der Waals surface area contributed by atoms with E-state index >= 15 is 0 Å². The molecule has 2 aromatic carbocycles. The predicted molar refractivity (Wildman–Crippen MR) is 77.7 cm³/mol. The van der Waals surface area contributed by atoms with E-state index in [-0.39, 0.29) is 0 Å². The van der Waals surface area contributed by atoms with Crippen LogP contribution in [0.5, 0.6) is 5.75 Å². The molecule has 4 heteroatoms. The summed E-state index contributed by atoms with van der Waals surface area (Å²) in [4.78, 5) is 12.8. The SMILES string of the molecule is O=C1c2ccccc2C2(O)Oc3cc4c(cc3C12O)CCC4. The average molecular weight is 294 g/mol. The van der Waals surface area contributed by atoms with Crippen molar-refractivity contribution in [2.75, 3.05) is 0 Å². The van der Waals surface area contributed by atoms with Gasteiger partial charge in [0.25, 0.3) is 5.79 Å². The topological polar surface area (TPSA) is 66.8 Å². The molecular weight excluding hydrogens is 280 g/mol. The van der Waals surface area contributed by atoms with Gasteiger partial charge in [-0.15, -0.1) is 0 Å². The molecule has 0 bridgehead atoms. The average Bonchev–Trinajstić information content (AvgIpc) is 3.11. The highest BCUT2D eigenvalue weighted by atomic mass is 16.7. The van der Waals surface area contributed by atoms with Gasteiger partial charge in [0.1, 0.15) is 5.75 Å². The molecule has 2 aliphatic carbocycles. The monoisotopic (exact) mass is 294 g/mol. The van der Waals surface area contributed by atoms with E-state index in [1.54, 1.807) is 24.3 Å². The van der Waals surface area contributed by atoms with Gasteiger partial charge in [0.05, 0.1) is 0 Å². The van der Waals surface area contributed by atoms with Crippen LogP contribution in [0.2, 0.25) is 0 Å². The summed E-state index contributed by atoms with van der Waals surface area (Å²) >= 11 is 0. The van der Waals surface area contributed by atoms with Crippen LogP contribution in [0.15, 0.2) is 36.4 Å². The van der Waals surface area contributed by atoms with Crippen LogP contribution >= 0.6 is 0 Å². The van der Waals surface area contributed by atoms with Crippen LogP contribution < -0.4 is 4.74 Å². The number of Topliss-reactive ketones (excluding diaryl/α,β-unsaturated/α-hetero) is 1. The molecule has 0 saturated carbocycles. The third-order valence-electron chi connectivity index (χ3n) is 5.20. The van der Waals surface area contributed by atoms with Gasteiger partial charge in [-0.25, -0.2) is 0 Å². The Balaban J connectivity index is 1.81. The highest BCUT2D eigenvalue weighted by Crippen LogP contribution is 2.58. The van der Waals surface area contributed by atoms with Crippen molar-refractivity contribution < 1.29 is 19.7 Å². The molecule has 0 spiro atoms. The molecule has 5 rings (SSSR count). The van der Waals surface area contributed by atoms with Crippen LogP contribution in [0.25, 0.3) is 0 Å². The first-order valence-corrected chi connectivity index (χ1v) is 7.50. The Morgan fingerprint density at radius 3 is 2.55 bits per heavy atom. The summed E-state index contributed by atoms with van der Waals surface area (Å²) in [5, 5.41) is 22.2. The minimum Gasteiger partial charge on any atom is -0.454 e. The molecule has 2 atom stereocenters. The van der Waals surface area contributed by atoms with Crippen LogP contribution in [0.1, 0.15) is 39.0 Å². The lowest BCUT2D eigenvalue weighted by Crippen LogP contribution is -2.48. The van der Waals surface area contributed by atoms with Gasteiger partial charge < -0.3 is 14.9 Å². The third-order valence-corrected chi connectivity index (χ3v) is 5.20. The van der Waals surface area contributed by atoms with Gasteiger partial charge in [0.2, 0.25) is 11.4 Å². The maximum absolute atomic E-state index is 12.8. The number of aliphatic hydroxyl groups is 2. The highest BCUT2D eigenvalue weighted by Gasteiger charge is 2.70. The van der Waals surface area contributed by atoms with Crippen LogP contribution in [-0.2, 0) is 24.2 Å². The second-order valence-corrected chi connectivity index (χ2v) is 6.30. The molecule has 1 aliphatic heterocycles. The largest absolute Gasteiger partial charge is 0.454 e. The van der Waals surface area contributed by atoms with E-state index in [9.17, 15) is 15.0 Å². The maximum atomic E-state index is 12.8. The van der Waals surface area contributed by atoms with E-state index in [0.29, 0.717) is 22.4 Å². The maximum Gasteiger partial charge on any atom is 0.276 e. The molecule has 22 heavy (non-hydrogen) atoms. The number of carbonyl (C=O) groups is 1. The molecule has 0 saturated heterocycles. The van der Waals surface area contributed by atoms with Crippen molar-refractivity contribution in [3.63, 3.8) is 0 Å². The number of carbonyl (C=O) groups excluding carboxylic acids is 1. The number of aryl methyl sites for hydroxylation is 2. The van der Waals surface area contributed by atoms with E-state index in [2.05, 4.69) is 0 Å². The van der Waals surface area contributed by atoms with Crippen molar-refractivity contribution >= 4 is 5.78 Å². The molecule has 0 fully saturated rings. The van der Waals surface area contributed by atoms with Crippen LogP contribution in [0.3, 0.4) is 0 Å². The molecule has 2 unspecified atom stereocenters. The zero-order valence-corrected chi connectivity index (χ0v) is 11.8. The molecule has 3 aliphatic rings. The Labute approximate surface area is 127 Å². The second-order valence-electron chi connectivity index (χ2n) is 6.30. The molecule has 1 heterocycles. The Hall–Kier alpha value is -2.17. The first-order chi connectivity index (χ1) is 10.6. The van der Waals surface area contributed by atoms with E-state index in [4.69, 9.17) is 4.74 Å². The van der Waals surface area contributed by atoms with Gasteiger partial charge in [-0.2, -0.15) is 0 Å². The minimum absolute atomic E-state index is 0.318. The summed E-state index contributed by atoms with van der Waals surface area (Å²) in [6.07, 6.45) is 2.96. The van der Waals surface area contributed by atoms with Crippen molar-refractivity contribution in [1.29, 1.82) is 0 Å². The number of ether oxygens (including phenoxy) is 1. The normalized spacial score (nSPS) is 30.5. The fourth-order valence-corrected chi connectivity index (χ4v) is 4.08. The quantitative estimate of drug-likeness (QED) is 0.777. The Bertz CT molecular complexity index is 856. The first-order valence-electron chi connectivity index (χ1n) is 7.50. The number of fused-ring (bicyclic) bond motifs is 6. The second kappa shape index (κ2) is 3.59. The highest BCUT2D eigenvalue weighted by molar-refractivity contribution is 6.09. The molecule has 2 N–H and O–H groups in total. The third kappa shape index (κ3) is 1.13. The number of hydrogen-bond donors (Lipinski definition) is 2. The standard InChI is InChI=1S/C18H14O4/c19-16-12-6-1-2-7-13(12)18(21)17(16,20)14-8-10-4-3-5-11(10)9-15(14)22-18/h1-2,6-9,20-21H,3-5H2. The Morgan fingerprint density at radius 1 is 1.00 bits per heavy atom. The Kier molecular flexibility index (Phi) is 2.02. The van der Waals surface area contributed by atoms with E-state index in [1.165, 1.54) is 5.56 Å². The van der Waals surface area contributed by atoms with Gasteiger partial charge in [0, 0.05) is 16.7 Å². The lowest BCUT2D eigenvalue weighted by Gasteiger charge is -2.28. The van der Waals surface area contributed by atoms with Gasteiger partial charge in [-0.1, -0.05) is 24.3 Å². The minimum atomic E-state index is -2.05. The van der Waals surface area contributed by atoms with Crippen molar-refractivity contribution in [1.82, 2.24) is 0 Å². The molecule has 110 valence electrons. The fraction of sp³-hybridized carbons (Fsp3) is 0.278. The molecule has 0 aromatic heterocycles. The lowest BCUT2D eigenvalue weighted by molar-refractivity contribution is -0.224.